The first-order chi connectivity index (χ1) is 14.0. The van der Waals surface area contributed by atoms with Crippen molar-refractivity contribution in [1.82, 2.24) is 4.98 Å². The molecule has 6 nitrogen and oxygen atoms in total. The molecule has 1 amide bonds. The van der Waals surface area contributed by atoms with Crippen LogP contribution >= 0.6 is 11.3 Å². The molecule has 3 aromatic rings. The third-order valence-corrected chi connectivity index (χ3v) is 5.32. The van der Waals surface area contributed by atoms with Gasteiger partial charge in [0.25, 0.3) is 5.91 Å². The summed E-state index contributed by atoms with van der Waals surface area (Å²) in [4.78, 5) is 29.2. The van der Waals surface area contributed by atoms with Gasteiger partial charge in [0, 0.05) is 12.0 Å². The van der Waals surface area contributed by atoms with Crippen LogP contribution in [0.4, 0.5) is 15.1 Å². The van der Waals surface area contributed by atoms with E-state index in [0.717, 1.165) is 5.69 Å². The number of benzene rings is 2. The average molecular weight is 408 g/mol. The molecule has 0 saturated carbocycles. The molecule has 0 bridgehead atoms. The van der Waals surface area contributed by atoms with Crippen LogP contribution < -0.4 is 10.3 Å². The molecule has 0 fully saturated rings. The summed E-state index contributed by atoms with van der Waals surface area (Å²) in [6.45, 7) is 1.49. The first-order valence-corrected chi connectivity index (χ1v) is 9.84. The lowest BCUT2D eigenvalue weighted by Crippen LogP contribution is -2.33. The monoisotopic (exact) mass is 408 g/mol. The summed E-state index contributed by atoms with van der Waals surface area (Å²) in [5.41, 5.74) is 3.89. The Kier molecular flexibility index (Phi) is 5.18. The third kappa shape index (κ3) is 3.93. The summed E-state index contributed by atoms with van der Waals surface area (Å²) in [5, 5.41) is 9.37. The van der Waals surface area contributed by atoms with Crippen molar-refractivity contribution in [2.75, 3.05) is 10.3 Å². The largest absolute Gasteiger partial charge is 0.311 e. The number of nitrogens with zero attached hydrogens (tertiary/aromatic N) is 3. The molecule has 8 heteroatoms. The minimum atomic E-state index is -0.517. The van der Waals surface area contributed by atoms with E-state index >= 15 is 0 Å². The maximum Gasteiger partial charge on any atom is 0.272 e. The number of hydrogen-bond acceptors (Lipinski definition) is 6. The van der Waals surface area contributed by atoms with Gasteiger partial charge in [0.15, 0.2) is 5.78 Å². The Balaban J connectivity index is 1.57. The maximum atomic E-state index is 13.2. The van der Waals surface area contributed by atoms with Crippen molar-refractivity contribution >= 4 is 39.4 Å². The predicted octanol–water partition coefficient (Wildman–Crippen LogP) is 4.11. The number of aromatic nitrogens is 1. The van der Waals surface area contributed by atoms with Crippen LogP contribution in [0.5, 0.6) is 0 Å². The number of thiazole rings is 1. The van der Waals surface area contributed by atoms with E-state index in [-0.39, 0.29) is 29.6 Å². The van der Waals surface area contributed by atoms with Gasteiger partial charge in [-0.05, 0) is 43.3 Å². The van der Waals surface area contributed by atoms with E-state index in [1.807, 2.05) is 30.3 Å². The summed E-state index contributed by atoms with van der Waals surface area (Å²) in [7, 11) is 0. The standard InChI is InChI=1S/C21H17FN4O2S/c1-13(27)18-11-17(25-26(18)16-5-3-2-4-6-16)20(28)24-21-19(23-12-29-21)14-7-9-15(22)10-8-14/h2-10,12,18H,11H2,1H3,(H,24,28). The van der Waals surface area contributed by atoms with E-state index in [9.17, 15) is 14.0 Å². The lowest BCUT2D eigenvalue weighted by molar-refractivity contribution is -0.118. The number of anilines is 2. The van der Waals surface area contributed by atoms with Crippen LogP contribution in [-0.4, -0.2) is 28.4 Å². The predicted molar refractivity (Wildman–Crippen MR) is 112 cm³/mol. The van der Waals surface area contributed by atoms with Crippen LogP contribution in [0.1, 0.15) is 13.3 Å². The molecule has 1 aromatic heterocycles. The Morgan fingerprint density at radius 1 is 1.14 bits per heavy atom. The van der Waals surface area contributed by atoms with E-state index in [1.54, 1.807) is 22.7 Å². The van der Waals surface area contributed by atoms with E-state index in [1.165, 1.54) is 30.4 Å². The Morgan fingerprint density at radius 2 is 1.86 bits per heavy atom. The fourth-order valence-electron chi connectivity index (χ4n) is 3.11. The molecule has 1 unspecified atom stereocenters. The smallest absolute Gasteiger partial charge is 0.272 e. The number of rotatable bonds is 5. The molecule has 0 saturated heterocycles. The molecular weight excluding hydrogens is 391 g/mol. The van der Waals surface area contributed by atoms with Gasteiger partial charge in [0.1, 0.15) is 28.3 Å². The number of carbonyl (C=O) groups is 2. The number of nitrogens with one attached hydrogen (secondary N) is 1. The average Bonchev–Trinajstić information content (AvgIpc) is 3.37. The summed E-state index contributed by atoms with van der Waals surface area (Å²) in [6.07, 6.45) is 0.223. The molecule has 1 aliphatic rings. The van der Waals surface area contributed by atoms with Gasteiger partial charge in [-0.2, -0.15) is 5.10 Å². The van der Waals surface area contributed by atoms with Gasteiger partial charge >= 0.3 is 0 Å². The van der Waals surface area contributed by atoms with Crippen LogP contribution in [-0.2, 0) is 9.59 Å². The highest BCUT2D eigenvalue weighted by atomic mass is 32.1. The van der Waals surface area contributed by atoms with Crippen LogP contribution in [0.2, 0.25) is 0 Å². The zero-order chi connectivity index (χ0) is 20.4. The minimum Gasteiger partial charge on any atom is -0.311 e. The SMILES string of the molecule is CC(=O)C1CC(C(=O)Nc2scnc2-c2ccc(F)cc2)=NN1c1ccccc1. The van der Waals surface area contributed by atoms with Gasteiger partial charge in [0.05, 0.1) is 11.2 Å². The Bertz CT molecular complexity index is 1080. The number of halogens is 1. The molecule has 1 N–H and O–H groups in total. The van der Waals surface area contributed by atoms with E-state index in [2.05, 4.69) is 15.4 Å². The second kappa shape index (κ2) is 7.92. The first-order valence-electron chi connectivity index (χ1n) is 8.96. The van der Waals surface area contributed by atoms with Crippen LogP contribution in [0.3, 0.4) is 0 Å². The van der Waals surface area contributed by atoms with Crippen molar-refractivity contribution in [2.45, 2.75) is 19.4 Å². The lowest BCUT2D eigenvalue weighted by Gasteiger charge is -2.20. The number of ketones is 1. The molecule has 2 aromatic carbocycles. The lowest BCUT2D eigenvalue weighted by atomic mass is 10.1. The van der Waals surface area contributed by atoms with Crippen molar-refractivity contribution < 1.29 is 14.0 Å². The van der Waals surface area contributed by atoms with Crippen molar-refractivity contribution in [3.63, 3.8) is 0 Å². The van der Waals surface area contributed by atoms with Gasteiger partial charge < -0.3 is 5.32 Å². The fraction of sp³-hybridized carbons (Fsp3) is 0.143. The summed E-state index contributed by atoms with van der Waals surface area (Å²) in [5.74, 6) is -0.793. The molecule has 1 aliphatic heterocycles. The number of hydrazone groups is 1. The molecule has 29 heavy (non-hydrogen) atoms. The fourth-order valence-corrected chi connectivity index (χ4v) is 3.80. The molecule has 0 spiro atoms. The Hall–Kier alpha value is -3.39. The van der Waals surface area contributed by atoms with Crippen LogP contribution in [0.15, 0.2) is 65.2 Å². The first kappa shape index (κ1) is 18.9. The number of para-hydroxylation sites is 1. The number of carbonyl (C=O) groups excluding carboxylic acids is 2. The van der Waals surface area contributed by atoms with E-state index in [4.69, 9.17) is 0 Å². The molecule has 4 rings (SSSR count). The topological polar surface area (TPSA) is 74.7 Å². The van der Waals surface area contributed by atoms with E-state index in [0.29, 0.717) is 16.3 Å². The summed E-state index contributed by atoms with van der Waals surface area (Å²) >= 11 is 1.27. The second-order valence-corrected chi connectivity index (χ2v) is 7.40. The second-order valence-electron chi connectivity index (χ2n) is 6.55. The molecule has 146 valence electrons. The highest BCUT2D eigenvalue weighted by Gasteiger charge is 2.34. The van der Waals surface area contributed by atoms with Gasteiger partial charge in [-0.15, -0.1) is 11.3 Å². The van der Waals surface area contributed by atoms with Gasteiger partial charge in [-0.25, -0.2) is 9.37 Å². The van der Waals surface area contributed by atoms with Crippen molar-refractivity contribution in [3.8, 4) is 11.3 Å². The highest BCUT2D eigenvalue weighted by Crippen LogP contribution is 2.31. The molecule has 0 radical (unpaired) electrons. The maximum absolute atomic E-state index is 13.2. The normalized spacial score (nSPS) is 15.9. The molecule has 0 aliphatic carbocycles. The zero-order valence-electron chi connectivity index (χ0n) is 15.5. The molecule has 1 atom stereocenters. The zero-order valence-corrected chi connectivity index (χ0v) is 16.3. The highest BCUT2D eigenvalue weighted by molar-refractivity contribution is 7.14. The van der Waals surface area contributed by atoms with E-state index < -0.39 is 6.04 Å². The minimum absolute atomic E-state index is 0.0646. The Labute approximate surface area is 170 Å². The number of hydrogen-bond donors (Lipinski definition) is 1. The van der Waals surface area contributed by atoms with Gasteiger partial charge in [0.2, 0.25) is 0 Å². The third-order valence-electron chi connectivity index (χ3n) is 4.57. The van der Waals surface area contributed by atoms with Gasteiger partial charge in [-0.3, -0.25) is 14.6 Å². The van der Waals surface area contributed by atoms with Crippen molar-refractivity contribution in [3.05, 3.63) is 65.9 Å². The number of amides is 1. The molecule has 2 heterocycles. The van der Waals surface area contributed by atoms with Crippen molar-refractivity contribution in [1.29, 1.82) is 0 Å². The van der Waals surface area contributed by atoms with Gasteiger partial charge in [-0.1, -0.05) is 18.2 Å². The van der Waals surface area contributed by atoms with Crippen LogP contribution in [0.25, 0.3) is 11.3 Å². The summed E-state index contributed by atoms with van der Waals surface area (Å²) in [6, 6.07) is 14.7. The molecular formula is C21H17FN4O2S. The summed E-state index contributed by atoms with van der Waals surface area (Å²) < 4.78 is 13.2. The number of Topliss-reactive ketones (excluding diaryl/α,β-unsaturated/α-hetero) is 1. The van der Waals surface area contributed by atoms with Crippen molar-refractivity contribution in [2.24, 2.45) is 5.10 Å². The Morgan fingerprint density at radius 3 is 2.55 bits per heavy atom. The quantitative estimate of drug-likeness (QED) is 0.689. The van der Waals surface area contributed by atoms with Crippen LogP contribution in [0, 0.1) is 5.82 Å².